The predicted molar refractivity (Wildman–Crippen MR) is 70.9 cm³/mol. The molecule has 4 heteroatoms. The summed E-state index contributed by atoms with van der Waals surface area (Å²) in [7, 11) is 0. The number of aliphatic hydroxyl groups is 1. The molecule has 0 atom stereocenters. The number of amides is 1. The lowest BCUT2D eigenvalue weighted by atomic mass is 10.1. The monoisotopic (exact) mass is 251 g/mol. The van der Waals surface area contributed by atoms with Crippen LogP contribution in [0.15, 0.2) is 24.3 Å². The van der Waals surface area contributed by atoms with Crippen molar-refractivity contribution in [3.05, 3.63) is 29.8 Å². The smallest absolute Gasteiger partial charge is 0.251 e. The van der Waals surface area contributed by atoms with Gasteiger partial charge in [0.25, 0.3) is 5.91 Å². The largest absolute Gasteiger partial charge is 0.494 e. The first kappa shape index (κ1) is 14.5. The van der Waals surface area contributed by atoms with Gasteiger partial charge in [0, 0.05) is 12.1 Å². The molecular formula is C14H21NO3. The Morgan fingerprint density at radius 2 is 1.94 bits per heavy atom. The van der Waals surface area contributed by atoms with Crippen LogP contribution in [-0.4, -0.2) is 29.8 Å². The summed E-state index contributed by atoms with van der Waals surface area (Å²) < 4.78 is 5.43. The van der Waals surface area contributed by atoms with Crippen LogP contribution in [0.2, 0.25) is 0 Å². The summed E-state index contributed by atoms with van der Waals surface area (Å²) in [5.74, 6) is 0.565. The molecule has 1 aromatic rings. The SMILES string of the molecule is CCCOc1ccc(C(=O)NCC(C)(C)O)cc1. The van der Waals surface area contributed by atoms with Crippen LogP contribution in [-0.2, 0) is 0 Å². The van der Waals surface area contributed by atoms with E-state index in [2.05, 4.69) is 5.32 Å². The van der Waals surface area contributed by atoms with Crippen molar-refractivity contribution < 1.29 is 14.6 Å². The highest BCUT2D eigenvalue weighted by molar-refractivity contribution is 5.94. The molecule has 0 radical (unpaired) electrons. The van der Waals surface area contributed by atoms with E-state index in [0.717, 1.165) is 12.2 Å². The van der Waals surface area contributed by atoms with Crippen molar-refractivity contribution >= 4 is 5.91 Å². The zero-order valence-corrected chi connectivity index (χ0v) is 11.2. The molecule has 2 N–H and O–H groups in total. The first-order chi connectivity index (χ1) is 8.42. The van der Waals surface area contributed by atoms with E-state index >= 15 is 0 Å². The number of ether oxygens (including phenoxy) is 1. The summed E-state index contributed by atoms with van der Waals surface area (Å²) in [5.41, 5.74) is -0.345. The lowest BCUT2D eigenvalue weighted by Gasteiger charge is -2.17. The van der Waals surface area contributed by atoms with Crippen molar-refractivity contribution in [1.29, 1.82) is 0 Å². The van der Waals surface area contributed by atoms with E-state index < -0.39 is 5.60 Å². The predicted octanol–water partition coefficient (Wildman–Crippen LogP) is 1.98. The van der Waals surface area contributed by atoms with Crippen molar-refractivity contribution in [3.63, 3.8) is 0 Å². The van der Waals surface area contributed by atoms with Gasteiger partial charge in [-0.2, -0.15) is 0 Å². The maximum absolute atomic E-state index is 11.8. The van der Waals surface area contributed by atoms with Gasteiger partial charge >= 0.3 is 0 Å². The first-order valence-electron chi connectivity index (χ1n) is 6.16. The van der Waals surface area contributed by atoms with E-state index in [0.29, 0.717) is 12.2 Å². The highest BCUT2D eigenvalue weighted by Gasteiger charge is 2.14. The minimum Gasteiger partial charge on any atom is -0.494 e. The molecule has 0 aliphatic carbocycles. The van der Waals surface area contributed by atoms with E-state index in [-0.39, 0.29) is 12.5 Å². The molecule has 0 aromatic heterocycles. The Bertz CT molecular complexity index is 379. The second-order valence-electron chi connectivity index (χ2n) is 4.87. The average Bonchev–Trinajstić information content (AvgIpc) is 2.33. The molecule has 0 saturated carbocycles. The molecule has 100 valence electrons. The highest BCUT2D eigenvalue weighted by atomic mass is 16.5. The number of carbonyl (C=O) groups excluding carboxylic acids is 1. The van der Waals surface area contributed by atoms with Crippen molar-refractivity contribution in [1.82, 2.24) is 5.32 Å². The maximum atomic E-state index is 11.8. The number of rotatable bonds is 6. The lowest BCUT2D eigenvalue weighted by molar-refractivity contribution is 0.0694. The second-order valence-corrected chi connectivity index (χ2v) is 4.87. The van der Waals surface area contributed by atoms with Crippen LogP contribution in [0.25, 0.3) is 0 Å². The Labute approximate surface area is 108 Å². The number of nitrogens with one attached hydrogen (secondary N) is 1. The van der Waals surface area contributed by atoms with Gasteiger partial charge in [-0.3, -0.25) is 4.79 Å². The van der Waals surface area contributed by atoms with Crippen molar-refractivity contribution in [3.8, 4) is 5.75 Å². The van der Waals surface area contributed by atoms with Gasteiger partial charge in [-0.05, 0) is 44.5 Å². The number of hydrogen-bond donors (Lipinski definition) is 2. The average molecular weight is 251 g/mol. The second kappa shape index (κ2) is 6.40. The topological polar surface area (TPSA) is 58.6 Å². The zero-order chi connectivity index (χ0) is 13.6. The summed E-state index contributed by atoms with van der Waals surface area (Å²) in [6.45, 7) is 6.23. The standard InChI is InChI=1S/C14H21NO3/c1-4-9-18-12-7-5-11(6-8-12)13(16)15-10-14(2,3)17/h5-8,17H,4,9-10H2,1-3H3,(H,15,16). The van der Waals surface area contributed by atoms with Gasteiger partial charge in [0.05, 0.1) is 12.2 Å². The molecule has 18 heavy (non-hydrogen) atoms. The first-order valence-corrected chi connectivity index (χ1v) is 6.16. The van der Waals surface area contributed by atoms with E-state index in [9.17, 15) is 9.90 Å². The van der Waals surface area contributed by atoms with Crippen molar-refractivity contribution in [2.24, 2.45) is 0 Å². The van der Waals surface area contributed by atoms with Gasteiger partial charge in [0.2, 0.25) is 0 Å². The molecule has 0 spiro atoms. The minimum atomic E-state index is -0.903. The van der Waals surface area contributed by atoms with Crippen LogP contribution in [0.5, 0.6) is 5.75 Å². The molecule has 1 rings (SSSR count). The van der Waals surface area contributed by atoms with Crippen LogP contribution in [0.3, 0.4) is 0 Å². The third-order valence-corrected chi connectivity index (χ3v) is 2.27. The van der Waals surface area contributed by atoms with Crippen LogP contribution < -0.4 is 10.1 Å². The van der Waals surface area contributed by atoms with Gasteiger partial charge in [-0.1, -0.05) is 6.92 Å². The van der Waals surface area contributed by atoms with Gasteiger partial charge < -0.3 is 15.2 Å². The van der Waals surface area contributed by atoms with Crippen molar-refractivity contribution in [2.45, 2.75) is 32.8 Å². The van der Waals surface area contributed by atoms with E-state index in [1.807, 2.05) is 6.92 Å². The normalized spacial score (nSPS) is 11.1. The third-order valence-electron chi connectivity index (χ3n) is 2.27. The van der Waals surface area contributed by atoms with Crippen molar-refractivity contribution in [2.75, 3.05) is 13.2 Å². The molecule has 4 nitrogen and oxygen atoms in total. The van der Waals surface area contributed by atoms with E-state index in [1.165, 1.54) is 0 Å². The third kappa shape index (κ3) is 5.19. The molecule has 1 amide bonds. The van der Waals surface area contributed by atoms with Crippen LogP contribution in [0.1, 0.15) is 37.6 Å². The fraction of sp³-hybridized carbons (Fsp3) is 0.500. The number of hydrogen-bond acceptors (Lipinski definition) is 3. The van der Waals surface area contributed by atoms with Crippen LogP contribution >= 0.6 is 0 Å². The quantitative estimate of drug-likeness (QED) is 0.812. The Morgan fingerprint density at radius 1 is 1.33 bits per heavy atom. The number of carbonyl (C=O) groups is 1. The summed E-state index contributed by atoms with van der Waals surface area (Å²) >= 11 is 0. The fourth-order valence-electron chi connectivity index (χ4n) is 1.32. The number of benzene rings is 1. The Balaban J connectivity index is 2.54. The molecule has 0 aliphatic heterocycles. The summed E-state index contributed by atoms with van der Waals surface area (Å²) in [6, 6.07) is 6.97. The molecule has 0 aliphatic rings. The Hall–Kier alpha value is -1.55. The van der Waals surface area contributed by atoms with Gasteiger partial charge in [-0.25, -0.2) is 0 Å². The summed E-state index contributed by atoms with van der Waals surface area (Å²) in [6.07, 6.45) is 0.952. The van der Waals surface area contributed by atoms with Gasteiger partial charge in [0.15, 0.2) is 0 Å². The lowest BCUT2D eigenvalue weighted by Crippen LogP contribution is -2.38. The molecular weight excluding hydrogens is 230 g/mol. The summed E-state index contributed by atoms with van der Waals surface area (Å²) in [4.78, 5) is 11.8. The fourth-order valence-corrected chi connectivity index (χ4v) is 1.32. The molecule has 0 bridgehead atoms. The molecule has 0 saturated heterocycles. The summed E-state index contributed by atoms with van der Waals surface area (Å²) in [5, 5.41) is 12.2. The van der Waals surface area contributed by atoms with Gasteiger partial charge in [-0.15, -0.1) is 0 Å². The van der Waals surface area contributed by atoms with Gasteiger partial charge in [0.1, 0.15) is 5.75 Å². The maximum Gasteiger partial charge on any atom is 0.251 e. The van der Waals surface area contributed by atoms with E-state index in [1.54, 1.807) is 38.1 Å². The van der Waals surface area contributed by atoms with Crippen LogP contribution in [0, 0.1) is 0 Å². The molecule has 0 heterocycles. The molecule has 0 unspecified atom stereocenters. The molecule has 1 aromatic carbocycles. The molecule has 0 fully saturated rings. The zero-order valence-electron chi connectivity index (χ0n) is 11.2. The van der Waals surface area contributed by atoms with E-state index in [4.69, 9.17) is 4.74 Å². The Morgan fingerprint density at radius 3 is 2.44 bits per heavy atom. The Kier molecular flexibility index (Phi) is 5.16. The minimum absolute atomic E-state index is 0.195. The van der Waals surface area contributed by atoms with Crippen LogP contribution in [0.4, 0.5) is 0 Å². The highest BCUT2D eigenvalue weighted by Crippen LogP contribution is 2.12.